The molecule has 0 aliphatic rings. The van der Waals surface area contributed by atoms with E-state index in [0.717, 1.165) is 4.88 Å². The van der Waals surface area contributed by atoms with Gasteiger partial charge in [0.05, 0.1) is 11.1 Å². The highest BCUT2D eigenvalue weighted by Gasteiger charge is 2.22. The molecule has 0 saturated carbocycles. The molecular formula is C12H14ClN3O2S2. The van der Waals surface area contributed by atoms with Crippen molar-refractivity contribution >= 4 is 38.8 Å². The minimum Gasteiger partial charge on any atom is -0.382 e. The number of aromatic nitrogens is 1. The van der Waals surface area contributed by atoms with Crippen LogP contribution >= 0.6 is 22.9 Å². The lowest BCUT2D eigenvalue weighted by Crippen LogP contribution is -2.28. The molecule has 0 aliphatic carbocycles. The highest BCUT2D eigenvalue weighted by atomic mass is 35.5. The quantitative estimate of drug-likeness (QED) is 0.882. The maximum absolute atomic E-state index is 12.3. The number of hydrogen-bond donors (Lipinski definition) is 2. The maximum Gasteiger partial charge on any atom is 0.242 e. The van der Waals surface area contributed by atoms with E-state index >= 15 is 0 Å². The zero-order chi connectivity index (χ0) is 14.8. The van der Waals surface area contributed by atoms with Gasteiger partial charge < -0.3 is 5.73 Å². The van der Waals surface area contributed by atoms with Crippen molar-refractivity contribution in [2.24, 2.45) is 0 Å². The van der Waals surface area contributed by atoms with Gasteiger partial charge in [-0.15, -0.1) is 11.3 Å². The van der Waals surface area contributed by atoms with Crippen LogP contribution in [0.3, 0.4) is 0 Å². The maximum atomic E-state index is 12.3. The molecule has 2 aromatic rings. The van der Waals surface area contributed by atoms with E-state index in [2.05, 4.69) is 9.71 Å². The zero-order valence-corrected chi connectivity index (χ0v) is 13.1. The number of halogens is 1. The Bertz CT molecular complexity index is 687. The van der Waals surface area contributed by atoms with Crippen molar-refractivity contribution < 1.29 is 8.42 Å². The molecule has 2 aromatic heterocycles. The summed E-state index contributed by atoms with van der Waals surface area (Å²) in [4.78, 5) is 4.74. The summed E-state index contributed by atoms with van der Waals surface area (Å²) in [6.45, 7) is 1.92. The molecule has 1 unspecified atom stereocenters. The molecule has 0 aliphatic heterocycles. The number of hydrogen-bond acceptors (Lipinski definition) is 5. The summed E-state index contributed by atoms with van der Waals surface area (Å²) in [6, 6.07) is 4.82. The lowest BCUT2D eigenvalue weighted by atomic mass is 10.2. The molecule has 2 rings (SSSR count). The van der Waals surface area contributed by atoms with Gasteiger partial charge in [-0.3, -0.25) is 0 Å². The Labute approximate surface area is 126 Å². The number of anilines is 1. The van der Waals surface area contributed by atoms with Crippen molar-refractivity contribution in [1.82, 2.24) is 9.71 Å². The summed E-state index contributed by atoms with van der Waals surface area (Å²) in [5, 5.41) is 2.03. The third-order valence-corrected chi connectivity index (χ3v) is 5.47. The van der Waals surface area contributed by atoms with Gasteiger partial charge in [0.2, 0.25) is 10.0 Å². The summed E-state index contributed by atoms with van der Waals surface area (Å²) in [6.07, 6.45) is 1.85. The van der Waals surface area contributed by atoms with Crippen LogP contribution in [0.1, 0.15) is 24.3 Å². The van der Waals surface area contributed by atoms with Gasteiger partial charge in [0.1, 0.15) is 10.7 Å². The van der Waals surface area contributed by atoms with E-state index in [0.29, 0.717) is 6.42 Å². The van der Waals surface area contributed by atoms with Crippen LogP contribution in [0.25, 0.3) is 0 Å². The summed E-state index contributed by atoms with van der Waals surface area (Å²) >= 11 is 7.32. The Morgan fingerprint density at radius 2 is 2.30 bits per heavy atom. The summed E-state index contributed by atoms with van der Waals surface area (Å²) < 4.78 is 27.3. The van der Waals surface area contributed by atoms with Crippen molar-refractivity contribution in [2.75, 3.05) is 5.73 Å². The average Bonchev–Trinajstić information content (AvgIpc) is 2.93. The summed E-state index contributed by atoms with van der Waals surface area (Å²) in [5.41, 5.74) is 5.48. The largest absolute Gasteiger partial charge is 0.382 e. The van der Waals surface area contributed by atoms with Gasteiger partial charge in [0.15, 0.2) is 0 Å². The van der Waals surface area contributed by atoms with E-state index in [1.54, 1.807) is 0 Å². The van der Waals surface area contributed by atoms with Crippen LogP contribution in [-0.4, -0.2) is 13.4 Å². The fraction of sp³-hybridized carbons (Fsp3) is 0.250. The molecule has 20 heavy (non-hydrogen) atoms. The lowest BCUT2D eigenvalue weighted by Gasteiger charge is -2.15. The minimum absolute atomic E-state index is 0.00621. The molecule has 0 fully saturated rings. The van der Waals surface area contributed by atoms with Crippen LogP contribution in [-0.2, 0) is 10.0 Å². The second-order valence-corrected chi connectivity index (χ2v) is 7.24. The molecule has 5 nitrogen and oxygen atoms in total. The number of nitrogens with one attached hydrogen (secondary N) is 1. The van der Waals surface area contributed by atoms with Gasteiger partial charge in [-0.05, 0) is 23.9 Å². The number of nitrogens with zero attached hydrogens (tertiary/aromatic N) is 1. The van der Waals surface area contributed by atoms with Gasteiger partial charge in [-0.25, -0.2) is 18.1 Å². The van der Waals surface area contributed by atoms with Crippen LogP contribution in [0.4, 0.5) is 5.82 Å². The van der Waals surface area contributed by atoms with Crippen molar-refractivity contribution in [2.45, 2.75) is 24.3 Å². The summed E-state index contributed by atoms with van der Waals surface area (Å²) in [5.74, 6) is 0.107. The number of pyridine rings is 1. The molecule has 2 heterocycles. The molecular weight excluding hydrogens is 318 g/mol. The summed E-state index contributed by atoms with van der Waals surface area (Å²) in [7, 11) is -3.68. The van der Waals surface area contributed by atoms with E-state index in [-0.39, 0.29) is 21.8 Å². The monoisotopic (exact) mass is 331 g/mol. The van der Waals surface area contributed by atoms with E-state index < -0.39 is 10.0 Å². The first-order valence-corrected chi connectivity index (χ1v) is 8.65. The SMILES string of the molecule is CCC(NS(=O)(=O)c1cnc(N)c(Cl)c1)c1cccs1. The Kier molecular flexibility index (Phi) is 4.64. The second-order valence-electron chi connectivity index (χ2n) is 4.14. The first-order valence-electron chi connectivity index (χ1n) is 5.90. The molecule has 0 saturated heterocycles. The fourth-order valence-electron chi connectivity index (χ4n) is 1.67. The van der Waals surface area contributed by atoms with Gasteiger partial charge in [-0.2, -0.15) is 0 Å². The molecule has 1 atom stereocenters. The Morgan fingerprint density at radius 1 is 1.55 bits per heavy atom. The lowest BCUT2D eigenvalue weighted by molar-refractivity contribution is 0.553. The Balaban J connectivity index is 2.28. The van der Waals surface area contributed by atoms with Crippen molar-refractivity contribution in [3.63, 3.8) is 0 Å². The number of sulfonamides is 1. The van der Waals surface area contributed by atoms with Crippen LogP contribution < -0.4 is 10.5 Å². The van der Waals surface area contributed by atoms with Crippen LogP contribution in [0.5, 0.6) is 0 Å². The molecule has 108 valence electrons. The predicted molar refractivity (Wildman–Crippen MR) is 81.3 cm³/mol. The van der Waals surface area contributed by atoms with E-state index in [9.17, 15) is 8.42 Å². The number of nitrogen functional groups attached to an aromatic ring is 1. The van der Waals surface area contributed by atoms with E-state index in [1.807, 2.05) is 24.4 Å². The van der Waals surface area contributed by atoms with Crippen LogP contribution in [0, 0.1) is 0 Å². The van der Waals surface area contributed by atoms with Gasteiger partial charge >= 0.3 is 0 Å². The Morgan fingerprint density at radius 3 is 2.85 bits per heavy atom. The van der Waals surface area contributed by atoms with Gasteiger partial charge in [0, 0.05) is 11.1 Å². The molecule has 3 N–H and O–H groups in total. The van der Waals surface area contributed by atoms with Gasteiger partial charge in [0.25, 0.3) is 0 Å². The standard InChI is InChI=1S/C12H14ClN3O2S2/c1-2-10(11-4-3-5-19-11)16-20(17,18)8-6-9(13)12(14)15-7-8/h3-7,10,16H,2H2,1H3,(H2,14,15). The van der Waals surface area contributed by atoms with Crippen molar-refractivity contribution in [3.05, 3.63) is 39.7 Å². The first-order chi connectivity index (χ1) is 9.44. The van der Waals surface area contributed by atoms with E-state index in [1.165, 1.54) is 23.6 Å². The highest BCUT2D eigenvalue weighted by Crippen LogP contribution is 2.25. The fourth-order valence-corrected chi connectivity index (χ4v) is 4.10. The third-order valence-electron chi connectivity index (χ3n) is 2.75. The molecule has 0 aromatic carbocycles. The zero-order valence-electron chi connectivity index (χ0n) is 10.7. The topological polar surface area (TPSA) is 85.1 Å². The third kappa shape index (κ3) is 3.29. The van der Waals surface area contributed by atoms with Crippen LogP contribution in [0.2, 0.25) is 5.02 Å². The molecule has 0 radical (unpaired) electrons. The first kappa shape index (κ1) is 15.2. The smallest absolute Gasteiger partial charge is 0.242 e. The number of thiophene rings is 1. The van der Waals surface area contributed by atoms with E-state index in [4.69, 9.17) is 17.3 Å². The number of nitrogens with two attached hydrogens (primary N) is 1. The molecule has 0 spiro atoms. The molecule has 0 amide bonds. The highest BCUT2D eigenvalue weighted by molar-refractivity contribution is 7.89. The Hall–Kier alpha value is -1.15. The second kappa shape index (κ2) is 6.09. The van der Waals surface area contributed by atoms with Crippen molar-refractivity contribution in [3.8, 4) is 0 Å². The van der Waals surface area contributed by atoms with Crippen LogP contribution in [0.15, 0.2) is 34.7 Å². The number of rotatable bonds is 5. The average molecular weight is 332 g/mol. The normalized spacial score (nSPS) is 13.3. The molecule has 0 bridgehead atoms. The van der Waals surface area contributed by atoms with Crippen molar-refractivity contribution in [1.29, 1.82) is 0 Å². The van der Waals surface area contributed by atoms with Gasteiger partial charge in [-0.1, -0.05) is 24.6 Å². The minimum atomic E-state index is -3.68. The molecule has 8 heteroatoms. The predicted octanol–water partition coefficient (Wildman–Crippen LogP) is 2.81.